The van der Waals surface area contributed by atoms with E-state index in [-0.39, 0.29) is 5.75 Å². The first-order chi connectivity index (χ1) is 9.07. The molecule has 0 unspecified atom stereocenters. The zero-order valence-electron chi connectivity index (χ0n) is 9.95. The summed E-state index contributed by atoms with van der Waals surface area (Å²) in [4.78, 5) is 1.83. The highest BCUT2D eigenvalue weighted by Gasteiger charge is 2.27. The second-order valence-electron chi connectivity index (χ2n) is 4.30. The van der Waals surface area contributed by atoms with E-state index in [4.69, 9.17) is 11.6 Å². The molecule has 0 radical (unpaired) electrons. The van der Waals surface area contributed by atoms with Gasteiger partial charge in [0.2, 0.25) is 0 Å². The van der Waals surface area contributed by atoms with Crippen LogP contribution in [0.4, 0.5) is 0 Å². The molecule has 0 N–H and O–H groups in total. The Morgan fingerprint density at radius 3 is 2.84 bits per heavy atom. The maximum atomic E-state index is 11.7. The molecule has 19 heavy (non-hydrogen) atoms. The van der Waals surface area contributed by atoms with Crippen molar-refractivity contribution in [1.82, 2.24) is 4.90 Å². The summed E-state index contributed by atoms with van der Waals surface area (Å²) in [5.41, 5.74) is 1.52. The molecule has 2 aliphatic heterocycles. The standard InChI is InChI=1S/C13H11ClN2O2S/c14-12-6-2-1-4-10(12)11-5-3-7-16-8-9-19(17,18)15-13(11)16/h1-7H,8-9H2. The number of nitrogens with zero attached hydrogens (tertiary/aromatic N) is 2. The molecule has 0 atom stereocenters. The number of amidine groups is 1. The van der Waals surface area contributed by atoms with Gasteiger partial charge in [-0.3, -0.25) is 0 Å². The predicted molar refractivity (Wildman–Crippen MR) is 76.5 cm³/mol. The van der Waals surface area contributed by atoms with Crippen molar-refractivity contribution in [2.45, 2.75) is 0 Å². The minimum absolute atomic E-state index is 0.0383. The van der Waals surface area contributed by atoms with Gasteiger partial charge < -0.3 is 4.90 Å². The van der Waals surface area contributed by atoms with Gasteiger partial charge in [0.1, 0.15) is 0 Å². The van der Waals surface area contributed by atoms with Crippen molar-refractivity contribution in [2.75, 3.05) is 12.3 Å². The summed E-state index contributed by atoms with van der Waals surface area (Å²) in [5.74, 6) is 0.484. The molecular weight excluding hydrogens is 284 g/mol. The van der Waals surface area contributed by atoms with Crippen LogP contribution in [0.2, 0.25) is 5.02 Å². The fourth-order valence-corrected chi connectivity index (χ4v) is 3.33. The molecule has 0 aromatic heterocycles. The molecule has 0 aliphatic carbocycles. The van der Waals surface area contributed by atoms with Crippen LogP contribution in [0, 0.1) is 0 Å². The average molecular weight is 295 g/mol. The molecule has 98 valence electrons. The fraction of sp³-hybridized carbons (Fsp3) is 0.154. The molecule has 0 fully saturated rings. The highest BCUT2D eigenvalue weighted by Crippen LogP contribution is 2.29. The van der Waals surface area contributed by atoms with Crippen molar-refractivity contribution in [3.05, 3.63) is 53.2 Å². The van der Waals surface area contributed by atoms with E-state index in [9.17, 15) is 8.42 Å². The van der Waals surface area contributed by atoms with E-state index in [2.05, 4.69) is 4.40 Å². The van der Waals surface area contributed by atoms with Crippen LogP contribution in [0.3, 0.4) is 0 Å². The molecule has 2 aliphatic rings. The van der Waals surface area contributed by atoms with Gasteiger partial charge >= 0.3 is 0 Å². The highest BCUT2D eigenvalue weighted by molar-refractivity contribution is 7.90. The first kappa shape index (κ1) is 12.4. The van der Waals surface area contributed by atoms with Crippen LogP contribution in [0.5, 0.6) is 0 Å². The summed E-state index contributed by atoms with van der Waals surface area (Å²) in [6.07, 6.45) is 5.53. The van der Waals surface area contributed by atoms with E-state index >= 15 is 0 Å². The maximum Gasteiger partial charge on any atom is 0.256 e. The van der Waals surface area contributed by atoms with Gasteiger partial charge in [-0.15, -0.1) is 4.40 Å². The lowest BCUT2D eigenvalue weighted by Crippen LogP contribution is -2.37. The zero-order chi connectivity index (χ0) is 13.5. The third kappa shape index (κ3) is 2.31. The molecule has 3 rings (SSSR count). The number of benzene rings is 1. The molecule has 0 saturated carbocycles. The molecule has 0 saturated heterocycles. The molecule has 1 aromatic carbocycles. The Bertz CT molecular complexity index is 720. The van der Waals surface area contributed by atoms with E-state index in [1.807, 2.05) is 41.5 Å². The summed E-state index contributed by atoms with van der Waals surface area (Å²) < 4.78 is 27.2. The number of hydrogen-bond donors (Lipinski definition) is 0. The van der Waals surface area contributed by atoms with Crippen LogP contribution in [0.15, 0.2) is 47.0 Å². The number of hydrogen-bond acceptors (Lipinski definition) is 3. The minimum Gasteiger partial charge on any atom is -0.331 e. The van der Waals surface area contributed by atoms with Gasteiger partial charge in [0.25, 0.3) is 10.0 Å². The van der Waals surface area contributed by atoms with Gasteiger partial charge in [0, 0.05) is 28.9 Å². The Morgan fingerprint density at radius 2 is 2.05 bits per heavy atom. The average Bonchev–Trinajstić information content (AvgIpc) is 2.38. The lowest BCUT2D eigenvalue weighted by Gasteiger charge is -2.29. The molecule has 4 nitrogen and oxygen atoms in total. The third-order valence-electron chi connectivity index (χ3n) is 3.02. The molecule has 0 amide bonds. The van der Waals surface area contributed by atoms with Crippen molar-refractivity contribution >= 4 is 33.0 Å². The molecule has 0 bridgehead atoms. The zero-order valence-corrected chi connectivity index (χ0v) is 11.5. The van der Waals surface area contributed by atoms with Gasteiger partial charge in [0.05, 0.1) is 5.75 Å². The van der Waals surface area contributed by atoms with Crippen molar-refractivity contribution in [3.63, 3.8) is 0 Å². The van der Waals surface area contributed by atoms with E-state index in [0.717, 1.165) is 11.1 Å². The number of sulfonamides is 1. The third-order valence-corrected chi connectivity index (χ3v) is 4.50. The first-order valence-electron chi connectivity index (χ1n) is 5.80. The van der Waals surface area contributed by atoms with Crippen LogP contribution in [-0.2, 0) is 10.0 Å². The molecule has 0 spiro atoms. The molecular formula is C13H11ClN2O2S. The lowest BCUT2D eigenvalue weighted by molar-refractivity contribution is 0.550. The lowest BCUT2D eigenvalue weighted by atomic mass is 10.0. The molecule has 2 heterocycles. The quantitative estimate of drug-likeness (QED) is 0.798. The van der Waals surface area contributed by atoms with Crippen molar-refractivity contribution in [1.29, 1.82) is 0 Å². The van der Waals surface area contributed by atoms with Crippen molar-refractivity contribution < 1.29 is 8.42 Å². The number of rotatable bonds is 1. The summed E-state index contributed by atoms with van der Waals surface area (Å²) in [7, 11) is -3.38. The van der Waals surface area contributed by atoms with Crippen molar-refractivity contribution in [3.8, 4) is 0 Å². The topological polar surface area (TPSA) is 49.7 Å². The van der Waals surface area contributed by atoms with E-state index in [0.29, 0.717) is 17.4 Å². The second-order valence-corrected chi connectivity index (χ2v) is 6.46. The van der Waals surface area contributed by atoms with E-state index < -0.39 is 10.0 Å². The highest BCUT2D eigenvalue weighted by atomic mass is 35.5. The minimum atomic E-state index is -3.38. The van der Waals surface area contributed by atoms with Crippen molar-refractivity contribution in [2.24, 2.45) is 4.40 Å². The summed E-state index contributed by atoms with van der Waals surface area (Å²) >= 11 is 6.17. The normalized spacial score (nSPS) is 20.6. The smallest absolute Gasteiger partial charge is 0.256 e. The molecule has 1 aromatic rings. The van der Waals surface area contributed by atoms with E-state index in [1.54, 1.807) is 6.07 Å². The predicted octanol–water partition coefficient (Wildman–Crippen LogP) is 2.29. The van der Waals surface area contributed by atoms with Crippen LogP contribution in [-0.4, -0.2) is 31.5 Å². The van der Waals surface area contributed by atoms with Crippen LogP contribution in [0.25, 0.3) is 5.57 Å². The molecule has 6 heteroatoms. The Balaban J connectivity index is 2.16. The maximum absolute atomic E-state index is 11.7. The number of allylic oxidation sites excluding steroid dienone is 2. The summed E-state index contributed by atoms with van der Waals surface area (Å²) in [5, 5.41) is 0.578. The van der Waals surface area contributed by atoms with E-state index in [1.165, 1.54) is 0 Å². The number of fused-ring (bicyclic) bond motifs is 1. The Kier molecular flexibility index (Phi) is 2.95. The fourth-order valence-electron chi connectivity index (χ4n) is 2.11. The largest absolute Gasteiger partial charge is 0.331 e. The van der Waals surface area contributed by atoms with Gasteiger partial charge in [-0.25, -0.2) is 8.42 Å². The Labute approximate surface area is 116 Å². The SMILES string of the molecule is O=S1(=O)CCN2C=CC=C(c3ccccc3Cl)C2=N1. The summed E-state index contributed by atoms with van der Waals surface area (Å²) in [6.45, 7) is 0.416. The van der Waals surface area contributed by atoms with Gasteiger partial charge in [0.15, 0.2) is 5.84 Å². The number of halogens is 1. The Morgan fingerprint density at radius 1 is 1.26 bits per heavy atom. The van der Waals surface area contributed by atoms with Crippen LogP contribution in [0.1, 0.15) is 5.56 Å². The van der Waals surface area contributed by atoms with Gasteiger partial charge in [-0.2, -0.15) is 0 Å². The van der Waals surface area contributed by atoms with Gasteiger partial charge in [-0.1, -0.05) is 29.8 Å². The van der Waals surface area contributed by atoms with Gasteiger partial charge in [-0.05, 0) is 18.2 Å². The van der Waals surface area contributed by atoms with Crippen LogP contribution >= 0.6 is 11.6 Å². The Hall–Kier alpha value is -1.59. The first-order valence-corrected chi connectivity index (χ1v) is 7.79. The monoisotopic (exact) mass is 294 g/mol. The summed E-state index contributed by atoms with van der Waals surface area (Å²) in [6, 6.07) is 7.33. The van der Waals surface area contributed by atoms with Crippen LogP contribution < -0.4 is 0 Å². The second kappa shape index (κ2) is 4.51.